The molecule has 0 bridgehead atoms. The molecule has 1 saturated carbocycles. The standard InChI is InChI=1S/C10H8Cl2O2/c11-7-2-1-3-8(12)9(7)5-4-6(5)10(13)14/h1-3,5-6H,4H2,(H,13,14)/t5-,6+/m1/s1. The van der Waals surface area contributed by atoms with E-state index >= 15 is 0 Å². The van der Waals surface area contributed by atoms with Crippen LogP contribution in [0.25, 0.3) is 0 Å². The number of rotatable bonds is 2. The average molecular weight is 231 g/mol. The average Bonchev–Trinajstić information content (AvgIpc) is 2.83. The second-order valence-corrected chi connectivity index (χ2v) is 4.24. The smallest absolute Gasteiger partial charge is 0.307 e. The topological polar surface area (TPSA) is 37.3 Å². The van der Waals surface area contributed by atoms with Gasteiger partial charge < -0.3 is 5.11 Å². The molecule has 74 valence electrons. The summed E-state index contributed by atoms with van der Waals surface area (Å²) in [6.45, 7) is 0. The van der Waals surface area contributed by atoms with Crippen LogP contribution in [0.1, 0.15) is 17.9 Å². The maximum absolute atomic E-state index is 10.7. The first kappa shape index (κ1) is 9.81. The van der Waals surface area contributed by atoms with Crippen LogP contribution in [0.4, 0.5) is 0 Å². The molecule has 0 amide bonds. The maximum Gasteiger partial charge on any atom is 0.307 e. The molecule has 0 aromatic heterocycles. The zero-order valence-corrected chi connectivity index (χ0v) is 8.72. The lowest BCUT2D eigenvalue weighted by molar-refractivity contribution is -0.138. The molecule has 1 fully saturated rings. The van der Waals surface area contributed by atoms with Crippen LogP contribution in [-0.4, -0.2) is 11.1 Å². The maximum atomic E-state index is 10.7. The number of hydrogen-bond donors (Lipinski definition) is 1. The van der Waals surface area contributed by atoms with Gasteiger partial charge >= 0.3 is 5.97 Å². The Labute approximate surface area is 91.4 Å². The Balaban J connectivity index is 2.31. The van der Waals surface area contributed by atoms with E-state index in [1.807, 2.05) is 0 Å². The fourth-order valence-electron chi connectivity index (χ4n) is 1.65. The Hall–Kier alpha value is -0.730. The molecule has 14 heavy (non-hydrogen) atoms. The van der Waals surface area contributed by atoms with Crippen molar-refractivity contribution in [3.8, 4) is 0 Å². The van der Waals surface area contributed by atoms with E-state index < -0.39 is 5.97 Å². The van der Waals surface area contributed by atoms with Gasteiger partial charge in [-0.2, -0.15) is 0 Å². The van der Waals surface area contributed by atoms with Crippen LogP contribution in [0.2, 0.25) is 10.0 Å². The van der Waals surface area contributed by atoms with Crippen molar-refractivity contribution in [2.45, 2.75) is 12.3 Å². The van der Waals surface area contributed by atoms with E-state index in [0.717, 1.165) is 5.56 Å². The van der Waals surface area contributed by atoms with E-state index in [1.54, 1.807) is 18.2 Å². The van der Waals surface area contributed by atoms with Crippen molar-refractivity contribution in [2.75, 3.05) is 0 Å². The van der Waals surface area contributed by atoms with Gasteiger partial charge in [-0.25, -0.2) is 0 Å². The highest BCUT2D eigenvalue weighted by Crippen LogP contribution is 2.51. The first-order chi connectivity index (χ1) is 6.61. The molecular weight excluding hydrogens is 223 g/mol. The van der Waals surface area contributed by atoms with Crippen LogP contribution in [-0.2, 0) is 4.79 Å². The summed E-state index contributed by atoms with van der Waals surface area (Å²) in [7, 11) is 0. The van der Waals surface area contributed by atoms with Crippen molar-refractivity contribution in [1.82, 2.24) is 0 Å². The molecule has 1 aliphatic rings. The quantitative estimate of drug-likeness (QED) is 0.848. The van der Waals surface area contributed by atoms with Crippen molar-refractivity contribution in [2.24, 2.45) is 5.92 Å². The van der Waals surface area contributed by atoms with Gasteiger partial charge in [-0.05, 0) is 24.1 Å². The normalized spacial score (nSPS) is 24.7. The van der Waals surface area contributed by atoms with E-state index in [-0.39, 0.29) is 11.8 Å². The number of carbonyl (C=O) groups is 1. The SMILES string of the molecule is O=C(O)[C@H]1C[C@H]1c1c(Cl)cccc1Cl. The van der Waals surface area contributed by atoms with Crippen molar-refractivity contribution in [3.05, 3.63) is 33.8 Å². The minimum Gasteiger partial charge on any atom is -0.481 e. The predicted molar refractivity (Wildman–Crippen MR) is 54.9 cm³/mol. The zero-order valence-electron chi connectivity index (χ0n) is 7.21. The van der Waals surface area contributed by atoms with Crippen LogP contribution in [0.15, 0.2) is 18.2 Å². The third-order valence-electron chi connectivity index (χ3n) is 2.48. The highest BCUT2D eigenvalue weighted by molar-refractivity contribution is 6.36. The number of hydrogen-bond acceptors (Lipinski definition) is 1. The van der Waals surface area contributed by atoms with Gasteiger partial charge in [-0.1, -0.05) is 29.3 Å². The number of carboxylic acid groups (broad SMARTS) is 1. The summed E-state index contributed by atoms with van der Waals surface area (Å²) in [5.41, 5.74) is 0.781. The van der Waals surface area contributed by atoms with E-state index in [1.165, 1.54) is 0 Å². The molecule has 2 nitrogen and oxygen atoms in total. The highest BCUT2D eigenvalue weighted by Gasteiger charge is 2.45. The second kappa shape index (κ2) is 3.44. The van der Waals surface area contributed by atoms with Gasteiger partial charge in [0, 0.05) is 16.0 Å². The molecule has 0 aliphatic heterocycles. The van der Waals surface area contributed by atoms with Gasteiger partial charge in [0.05, 0.1) is 5.92 Å². The molecule has 1 aromatic carbocycles. The molecule has 2 atom stereocenters. The summed E-state index contributed by atoms with van der Waals surface area (Å²) in [6, 6.07) is 5.23. The van der Waals surface area contributed by atoms with Crippen molar-refractivity contribution >= 4 is 29.2 Å². The summed E-state index contributed by atoms with van der Waals surface area (Å²) >= 11 is 11.9. The van der Waals surface area contributed by atoms with Crippen molar-refractivity contribution < 1.29 is 9.90 Å². The summed E-state index contributed by atoms with van der Waals surface area (Å²) in [6.07, 6.45) is 0.638. The minimum absolute atomic E-state index is 0.00583. The molecule has 1 aliphatic carbocycles. The van der Waals surface area contributed by atoms with E-state index in [4.69, 9.17) is 28.3 Å². The lowest BCUT2D eigenvalue weighted by Gasteiger charge is -2.04. The van der Waals surface area contributed by atoms with E-state index in [0.29, 0.717) is 16.5 Å². The Morgan fingerprint density at radius 3 is 2.36 bits per heavy atom. The molecule has 0 spiro atoms. The molecule has 0 radical (unpaired) electrons. The van der Waals surface area contributed by atoms with Crippen molar-refractivity contribution in [3.63, 3.8) is 0 Å². The monoisotopic (exact) mass is 230 g/mol. The number of halogens is 2. The summed E-state index contributed by atoms with van der Waals surface area (Å²) in [5.74, 6) is -1.09. The first-order valence-electron chi connectivity index (χ1n) is 4.28. The van der Waals surface area contributed by atoms with Gasteiger partial charge in [0.15, 0.2) is 0 Å². The van der Waals surface area contributed by atoms with Gasteiger partial charge in [0.2, 0.25) is 0 Å². The second-order valence-electron chi connectivity index (χ2n) is 3.42. The fraction of sp³-hybridized carbons (Fsp3) is 0.300. The lowest BCUT2D eigenvalue weighted by atomic mass is 10.1. The molecule has 0 saturated heterocycles. The summed E-state index contributed by atoms with van der Waals surface area (Å²) in [4.78, 5) is 10.7. The largest absolute Gasteiger partial charge is 0.481 e. The molecular formula is C10H8Cl2O2. The van der Waals surface area contributed by atoms with Crippen LogP contribution in [0.5, 0.6) is 0 Å². The van der Waals surface area contributed by atoms with E-state index in [2.05, 4.69) is 0 Å². The summed E-state index contributed by atoms with van der Waals surface area (Å²) < 4.78 is 0. The molecule has 1 aromatic rings. The van der Waals surface area contributed by atoms with Crippen LogP contribution in [0.3, 0.4) is 0 Å². The van der Waals surface area contributed by atoms with Crippen LogP contribution in [0, 0.1) is 5.92 Å². The lowest BCUT2D eigenvalue weighted by Crippen LogP contribution is -1.99. The first-order valence-corrected chi connectivity index (χ1v) is 5.03. The minimum atomic E-state index is -0.772. The summed E-state index contributed by atoms with van der Waals surface area (Å²) in [5, 5.41) is 9.90. The molecule has 0 heterocycles. The van der Waals surface area contributed by atoms with Crippen LogP contribution >= 0.6 is 23.2 Å². The Morgan fingerprint density at radius 2 is 1.93 bits per heavy atom. The van der Waals surface area contributed by atoms with Gasteiger partial charge in [0.1, 0.15) is 0 Å². The molecule has 2 rings (SSSR count). The molecule has 0 unspecified atom stereocenters. The van der Waals surface area contributed by atoms with Crippen molar-refractivity contribution in [1.29, 1.82) is 0 Å². The number of carboxylic acids is 1. The predicted octanol–water partition coefficient (Wildman–Crippen LogP) is 3.18. The third-order valence-corrected chi connectivity index (χ3v) is 3.14. The van der Waals surface area contributed by atoms with E-state index in [9.17, 15) is 4.79 Å². The van der Waals surface area contributed by atoms with Gasteiger partial charge in [0.25, 0.3) is 0 Å². The Bertz CT molecular complexity index is 369. The Kier molecular flexibility index (Phi) is 2.41. The Morgan fingerprint density at radius 1 is 1.36 bits per heavy atom. The van der Waals surface area contributed by atoms with Crippen LogP contribution < -0.4 is 0 Å². The molecule has 4 heteroatoms. The number of benzene rings is 1. The highest BCUT2D eigenvalue weighted by atomic mass is 35.5. The zero-order chi connectivity index (χ0) is 10.3. The van der Waals surface area contributed by atoms with Gasteiger partial charge in [-0.3, -0.25) is 4.79 Å². The van der Waals surface area contributed by atoms with Gasteiger partial charge in [-0.15, -0.1) is 0 Å². The molecule has 1 N–H and O–H groups in total. The number of aliphatic carboxylic acids is 1. The third kappa shape index (κ3) is 1.60. The fourth-order valence-corrected chi connectivity index (χ4v) is 2.33.